The SMILES string of the molecule is CCCCC(CC)CN(CC(CC)CCCC)S(=O)(=O)c1ccc(F)c(F)c1. The molecule has 1 rings (SSSR count). The van der Waals surface area contributed by atoms with Crippen molar-refractivity contribution < 1.29 is 17.2 Å². The van der Waals surface area contributed by atoms with Gasteiger partial charge in [-0.25, -0.2) is 17.2 Å². The predicted molar refractivity (Wildman–Crippen MR) is 112 cm³/mol. The molecule has 162 valence electrons. The van der Waals surface area contributed by atoms with E-state index < -0.39 is 21.7 Å². The van der Waals surface area contributed by atoms with Crippen LogP contribution < -0.4 is 0 Å². The molecule has 0 aliphatic rings. The Labute approximate surface area is 170 Å². The summed E-state index contributed by atoms with van der Waals surface area (Å²) in [5, 5.41) is 0. The number of hydrogen-bond acceptors (Lipinski definition) is 2. The van der Waals surface area contributed by atoms with Gasteiger partial charge in [-0.05, 0) is 42.9 Å². The Bertz CT molecular complexity index is 661. The summed E-state index contributed by atoms with van der Waals surface area (Å²) < 4.78 is 55.1. The Balaban J connectivity index is 3.16. The quantitative estimate of drug-likeness (QED) is 0.352. The molecule has 0 saturated heterocycles. The van der Waals surface area contributed by atoms with E-state index in [9.17, 15) is 17.2 Å². The summed E-state index contributed by atoms with van der Waals surface area (Å²) in [4.78, 5) is -0.165. The number of halogens is 2. The summed E-state index contributed by atoms with van der Waals surface area (Å²) in [7, 11) is -3.87. The van der Waals surface area contributed by atoms with Crippen LogP contribution in [-0.4, -0.2) is 25.8 Å². The zero-order valence-electron chi connectivity index (χ0n) is 17.9. The van der Waals surface area contributed by atoms with Gasteiger partial charge in [-0.3, -0.25) is 0 Å². The molecule has 0 bridgehead atoms. The summed E-state index contributed by atoms with van der Waals surface area (Å²) >= 11 is 0. The van der Waals surface area contributed by atoms with E-state index in [1.165, 1.54) is 10.4 Å². The lowest BCUT2D eigenvalue weighted by Crippen LogP contribution is -2.39. The number of hydrogen-bond donors (Lipinski definition) is 0. The Morgan fingerprint density at radius 3 is 1.75 bits per heavy atom. The lowest BCUT2D eigenvalue weighted by atomic mass is 9.97. The monoisotopic (exact) mass is 417 g/mol. The van der Waals surface area contributed by atoms with Gasteiger partial charge in [-0.1, -0.05) is 66.2 Å². The zero-order chi connectivity index (χ0) is 21.2. The van der Waals surface area contributed by atoms with Crippen molar-refractivity contribution in [2.75, 3.05) is 13.1 Å². The normalized spacial score (nSPS) is 14.4. The van der Waals surface area contributed by atoms with Gasteiger partial charge in [0.25, 0.3) is 0 Å². The molecule has 6 heteroatoms. The highest BCUT2D eigenvalue weighted by Crippen LogP contribution is 2.25. The Morgan fingerprint density at radius 1 is 0.857 bits per heavy atom. The van der Waals surface area contributed by atoms with Crippen molar-refractivity contribution >= 4 is 10.0 Å². The highest BCUT2D eigenvalue weighted by molar-refractivity contribution is 7.89. The van der Waals surface area contributed by atoms with Gasteiger partial charge in [-0.2, -0.15) is 4.31 Å². The molecule has 0 radical (unpaired) electrons. The number of benzene rings is 1. The third-order valence-electron chi connectivity index (χ3n) is 5.54. The maximum atomic E-state index is 13.7. The first-order valence-corrected chi connectivity index (χ1v) is 12.2. The lowest BCUT2D eigenvalue weighted by Gasteiger charge is -2.30. The van der Waals surface area contributed by atoms with Gasteiger partial charge < -0.3 is 0 Å². The minimum atomic E-state index is -3.87. The van der Waals surface area contributed by atoms with E-state index in [1.54, 1.807) is 0 Å². The topological polar surface area (TPSA) is 37.4 Å². The van der Waals surface area contributed by atoms with Gasteiger partial charge >= 0.3 is 0 Å². The van der Waals surface area contributed by atoms with Crippen LogP contribution in [0.3, 0.4) is 0 Å². The fraction of sp³-hybridized carbons (Fsp3) is 0.727. The van der Waals surface area contributed by atoms with E-state index in [4.69, 9.17) is 0 Å². The van der Waals surface area contributed by atoms with E-state index in [0.29, 0.717) is 13.1 Å². The molecule has 0 aliphatic heterocycles. The molecular formula is C22H37F2NO2S. The van der Waals surface area contributed by atoms with E-state index in [1.807, 2.05) is 0 Å². The van der Waals surface area contributed by atoms with E-state index in [2.05, 4.69) is 27.7 Å². The maximum absolute atomic E-state index is 13.7. The molecule has 0 fully saturated rings. The van der Waals surface area contributed by atoms with Gasteiger partial charge in [0.05, 0.1) is 4.90 Å². The van der Waals surface area contributed by atoms with Crippen LogP contribution >= 0.6 is 0 Å². The minimum Gasteiger partial charge on any atom is -0.207 e. The third-order valence-corrected chi connectivity index (χ3v) is 7.37. The van der Waals surface area contributed by atoms with E-state index in [-0.39, 0.29) is 16.7 Å². The Hall–Kier alpha value is -1.01. The molecule has 0 N–H and O–H groups in total. The van der Waals surface area contributed by atoms with Crippen LogP contribution in [0.15, 0.2) is 23.1 Å². The summed E-state index contributed by atoms with van der Waals surface area (Å²) in [6.45, 7) is 9.27. The average molecular weight is 418 g/mol. The smallest absolute Gasteiger partial charge is 0.207 e. The van der Waals surface area contributed by atoms with Crippen molar-refractivity contribution in [2.24, 2.45) is 11.8 Å². The first-order chi connectivity index (χ1) is 13.3. The molecule has 0 heterocycles. The van der Waals surface area contributed by atoms with Crippen LogP contribution in [0.1, 0.15) is 79.1 Å². The minimum absolute atomic E-state index is 0.165. The lowest BCUT2D eigenvalue weighted by molar-refractivity contribution is 0.270. The van der Waals surface area contributed by atoms with Crippen LogP contribution in [0.2, 0.25) is 0 Å². The molecule has 1 aromatic carbocycles. The summed E-state index contributed by atoms with van der Waals surface area (Å²) in [5.41, 5.74) is 0. The average Bonchev–Trinajstić information content (AvgIpc) is 2.68. The molecule has 2 atom stereocenters. The zero-order valence-corrected chi connectivity index (χ0v) is 18.7. The molecule has 0 spiro atoms. The first-order valence-electron chi connectivity index (χ1n) is 10.7. The molecule has 0 saturated carbocycles. The Morgan fingerprint density at radius 2 is 1.36 bits per heavy atom. The molecule has 2 unspecified atom stereocenters. The fourth-order valence-corrected chi connectivity index (χ4v) is 5.07. The highest BCUT2D eigenvalue weighted by Gasteiger charge is 2.29. The van der Waals surface area contributed by atoms with Crippen LogP contribution in [0.4, 0.5) is 8.78 Å². The molecule has 1 aromatic rings. The summed E-state index contributed by atoms with van der Waals surface area (Å²) in [5.74, 6) is -1.63. The molecule has 0 aromatic heterocycles. The molecule has 28 heavy (non-hydrogen) atoms. The van der Waals surface area contributed by atoms with Gasteiger partial charge in [0, 0.05) is 13.1 Å². The van der Waals surface area contributed by atoms with Gasteiger partial charge in [0.15, 0.2) is 11.6 Å². The summed E-state index contributed by atoms with van der Waals surface area (Å²) in [6, 6.07) is 2.86. The standard InChI is InChI=1S/C22H37F2NO2S/c1-5-9-11-18(7-3)16-25(17-19(8-4)12-10-6-2)28(26,27)20-13-14-21(23)22(24)15-20/h13-15,18-19H,5-12,16-17H2,1-4H3. The second-order valence-corrected chi connectivity index (χ2v) is 9.67. The number of sulfonamides is 1. The molecule has 0 amide bonds. The van der Waals surface area contributed by atoms with E-state index in [0.717, 1.165) is 63.5 Å². The number of rotatable bonds is 14. The van der Waals surface area contributed by atoms with Crippen molar-refractivity contribution in [3.05, 3.63) is 29.8 Å². The van der Waals surface area contributed by atoms with Crippen molar-refractivity contribution in [1.29, 1.82) is 0 Å². The molecule has 0 aliphatic carbocycles. The van der Waals surface area contributed by atoms with Crippen molar-refractivity contribution in [3.63, 3.8) is 0 Å². The van der Waals surface area contributed by atoms with Crippen LogP contribution in [0.5, 0.6) is 0 Å². The van der Waals surface area contributed by atoms with Crippen LogP contribution in [0, 0.1) is 23.5 Å². The second kappa shape index (κ2) is 12.5. The van der Waals surface area contributed by atoms with Crippen LogP contribution in [-0.2, 0) is 10.0 Å². The highest BCUT2D eigenvalue weighted by atomic mass is 32.2. The fourth-order valence-electron chi connectivity index (χ4n) is 3.47. The first kappa shape index (κ1) is 25.0. The van der Waals surface area contributed by atoms with Crippen molar-refractivity contribution in [1.82, 2.24) is 4.31 Å². The maximum Gasteiger partial charge on any atom is 0.243 e. The predicted octanol–water partition coefficient (Wildman–Crippen LogP) is 6.39. The van der Waals surface area contributed by atoms with Gasteiger partial charge in [0.1, 0.15) is 0 Å². The Kier molecular flexibility index (Phi) is 11.2. The van der Waals surface area contributed by atoms with Gasteiger partial charge in [0.2, 0.25) is 10.0 Å². The number of nitrogens with zero attached hydrogens (tertiary/aromatic N) is 1. The summed E-state index contributed by atoms with van der Waals surface area (Å²) in [6.07, 6.45) is 8.01. The largest absolute Gasteiger partial charge is 0.243 e. The van der Waals surface area contributed by atoms with Crippen LogP contribution in [0.25, 0.3) is 0 Å². The number of unbranched alkanes of at least 4 members (excludes halogenated alkanes) is 2. The molecular weight excluding hydrogens is 380 g/mol. The van der Waals surface area contributed by atoms with Gasteiger partial charge in [-0.15, -0.1) is 0 Å². The second-order valence-electron chi connectivity index (χ2n) is 7.73. The van der Waals surface area contributed by atoms with Crippen molar-refractivity contribution in [3.8, 4) is 0 Å². The van der Waals surface area contributed by atoms with E-state index >= 15 is 0 Å². The molecule has 3 nitrogen and oxygen atoms in total. The third kappa shape index (κ3) is 7.43. The van der Waals surface area contributed by atoms with Crippen molar-refractivity contribution in [2.45, 2.75) is 84.0 Å².